The molecule has 8 heteroatoms. The fourth-order valence-electron chi connectivity index (χ4n) is 4.81. The van der Waals surface area contributed by atoms with E-state index in [0.29, 0.717) is 41.0 Å². The second kappa shape index (κ2) is 10.9. The summed E-state index contributed by atoms with van der Waals surface area (Å²) in [6.07, 6.45) is 0.976. The summed E-state index contributed by atoms with van der Waals surface area (Å²) in [6.45, 7) is 4.13. The fraction of sp³-hybridized carbons (Fsp3) is 0.333. The molecule has 1 aliphatic heterocycles. The maximum atomic E-state index is 13.6. The molecule has 0 radical (unpaired) electrons. The van der Waals surface area contributed by atoms with Gasteiger partial charge in [0.1, 0.15) is 6.61 Å². The average Bonchev–Trinajstić information content (AvgIpc) is 2.86. The van der Waals surface area contributed by atoms with Crippen molar-refractivity contribution in [2.75, 3.05) is 18.1 Å². The van der Waals surface area contributed by atoms with Gasteiger partial charge in [0.15, 0.2) is 5.78 Å². The smallest absolute Gasteiger partial charge is 0.336 e. The number of carbonyl (C=O) groups excluding carboxylic acids is 2. The molecule has 2 aromatic carbocycles. The molecule has 0 amide bonds. The Labute approximate surface area is 208 Å². The first-order chi connectivity index (χ1) is 16.9. The Hall–Kier alpha value is -3.39. The van der Waals surface area contributed by atoms with E-state index in [1.807, 2.05) is 44.2 Å². The van der Waals surface area contributed by atoms with E-state index in [9.17, 15) is 19.7 Å². The van der Waals surface area contributed by atoms with Crippen molar-refractivity contribution in [2.24, 2.45) is 0 Å². The quantitative estimate of drug-likeness (QED) is 0.232. The van der Waals surface area contributed by atoms with Crippen LogP contribution in [0.1, 0.15) is 49.7 Å². The lowest BCUT2D eigenvalue weighted by atomic mass is 9.71. The van der Waals surface area contributed by atoms with Crippen LogP contribution in [0.5, 0.6) is 0 Å². The number of hydrogen-bond acceptors (Lipinski definition) is 7. The van der Waals surface area contributed by atoms with Crippen LogP contribution in [0.3, 0.4) is 0 Å². The normalized spacial score (nSPS) is 19.8. The highest BCUT2D eigenvalue weighted by Gasteiger charge is 2.41. The van der Waals surface area contributed by atoms with Crippen LogP contribution >= 0.6 is 11.8 Å². The number of esters is 1. The lowest BCUT2D eigenvalue weighted by Crippen LogP contribution is -2.36. The first-order valence-corrected chi connectivity index (χ1v) is 12.8. The zero-order chi connectivity index (χ0) is 24.9. The average molecular weight is 493 g/mol. The molecule has 2 aromatic rings. The first kappa shape index (κ1) is 24.7. The molecule has 182 valence electrons. The predicted molar refractivity (Wildman–Crippen MR) is 136 cm³/mol. The Balaban J connectivity index is 1.72. The molecule has 0 spiro atoms. The van der Waals surface area contributed by atoms with Crippen LogP contribution in [0.15, 0.2) is 77.1 Å². The van der Waals surface area contributed by atoms with Gasteiger partial charge in [0.05, 0.1) is 10.5 Å². The van der Waals surface area contributed by atoms with Gasteiger partial charge in [0, 0.05) is 47.2 Å². The second-order valence-electron chi connectivity index (χ2n) is 8.61. The third kappa shape index (κ3) is 5.32. The summed E-state index contributed by atoms with van der Waals surface area (Å²) in [5.41, 5.74) is 4.08. The van der Waals surface area contributed by atoms with Gasteiger partial charge >= 0.3 is 5.97 Å². The lowest BCUT2D eigenvalue weighted by Gasteiger charge is -2.36. The van der Waals surface area contributed by atoms with Crippen molar-refractivity contribution in [1.29, 1.82) is 0 Å². The number of nitro groups is 1. The van der Waals surface area contributed by atoms with Crippen molar-refractivity contribution in [3.8, 4) is 0 Å². The van der Waals surface area contributed by atoms with E-state index in [2.05, 4.69) is 5.32 Å². The van der Waals surface area contributed by atoms with E-state index in [-0.39, 0.29) is 24.0 Å². The number of nitrogens with one attached hydrogen (secondary N) is 1. The van der Waals surface area contributed by atoms with E-state index >= 15 is 0 Å². The van der Waals surface area contributed by atoms with Crippen LogP contribution in [0, 0.1) is 10.1 Å². The van der Waals surface area contributed by atoms with Crippen LogP contribution in [-0.4, -0.2) is 34.8 Å². The van der Waals surface area contributed by atoms with Crippen molar-refractivity contribution < 1.29 is 19.2 Å². The van der Waals surface area contributed by atoms with Crippen LogP contribution < -0.4 is 5.32 Å². The van der Waals surface area contributed by atoms with Gasteiger partial charge in [0.25, 0.3) is 5.69 Å². The zero-order valence-electron chi connectivity index (χ0n) is 19.8. The van der Waals surface area contributed by atoms with Gasteiger partial charge in [-0.1, -0.05) is 49.4 Å². The van der Waals surface area contributed by atoms with Gasteiger partial charge in [-0.15, -0.1) is 0 Å². The zero-order valence-corrected chi connectivity index (χ0v) is 20.6. The molecule has 1 aliphatic carbocycles. The van der Waals surface area contributed by atoms with Crippen LogP contribution in [-0.2, 0) is 14.3 Å². The number of ether oxygens (including phenoxy) is 1. The molecule has 35 heavy (non-hydrogen) atoms. The van der Waals surface area contributed by atoms with Crippen molar-refractivity contribution in [3.05, 3.63) is 98.4 Å². The molecule has 0 saturated carbocycles. The monoisotopic (exact) mass is 492 g/mol. The fourth-order valence-corrected chi connectivity index (χ4v) is 5.30. The van der Waals surface area contributed by atoms with Crippen molar-refractivity contribution in [2.45, 2.75) is 38.5 Å². The van der Waals surface area contributed by atoms with E-state index in [4.69, 9.17) is 4.74 Å². The summed E-state index contributed by atoms with van der Waals surface area (Å²) in [5, 5.41) is 14.5. The molecule has 2 aliphatic rings. The number of nitro benzene ring substituents is 1. The second-order valence-corrected chi connectivity index (χ2v) is 10.0. The van der Waals surface area contributed by atoms with E-state index in [1.54, 1.807) is 23.9 Å². The Kier molecular flexibility index (Phi) is 7.70. The minimum absolute atomic E-state index is 0.0321. The molecule has 1 heterocycles. The van der Waals surface area contributed by atoms with Gasteiger partial charge < -0.3 is 10.1 Å². The van der Waals surface area contributed by atoms with Gasteiger partial charge in [-0.05, 0) is 36.1 Å². The molecule has 1 N–H and O–H groups in total. The summed E-state index contributed by atoms with van der Waals surface area (Å²) < 4.78 is 5.57. The highest BCUT2D eigenvalue weighted by atomic mass is 32.2. The number of benzene rings is 2. The molecular weight excluding hydrogens is 464 g/mol. The van der Waals surface area contributed by atoms with Crippen LogP contribution in [0.4, 0.5) is 5.69 Å². The van der Waals surface area contributed by atoms with Gasteiger partial charge in [-0.3, -0.25) is 14.9 Å². The summed E-state index contributed by atoms with van der Waals surface area (Å²) in [6, 6.07) is 16.0. The molecule has 0 unspecified atom stereocenters. The molecule has 7 nitrogen and oxygen atoms in total. The highest BCUT2D eigenvalue weighted by Crippen LogP contribution is 2.45. The maximum absolute atomic E-state index is 13.6. The Bertz CT molecular complexity index is 1190. The number of hydrogen-bond donors (Lipinski definition) is 1. The number of carbonyl (C=O) groups is 2. The van der Waals surface area contributed by atoms with Crippen molar-refractivity contribution in [3.63, 3.8) is 0 Å². The molecule has 0 saturated heterocycles. The minimum Gasteiger partial charge on any atom is -0.461 e. The summed E-state index contributed by atoms with van der Waals surface area (Å²) in [7, 11) is 0. The molecular formula is C27H28N2O5S. The van der Waals surface area contributed by atoms with Crippen molar-refractivity contribution >= 4 is 29.2 Å². The summed E-state index contributed by atoms with van der Waals surface area (Å²) >= 11 is 1.68. The standard InChI is InChI=1S/C27H28N2O5S/c1-3-35-14-13-34-27(31)24-17(2)28-22-15-20(18-7-5-4-6-8-18)16-23(30)26(22)25(24)19-9-11-21(12-10-19)29(32)33/h4-12,20,25,28H,3,13-16H2,1-2H3/t20-,25-/m0/s1. The van der Waals surface area contributed by atoms with Crippen LogP contribution in [0.25, 0.3) is 0 Å². The lowest BCUT2D eigenvalue weighted by molar-refractivity contribution is -0.384. The Morgan fingerprint density at radius 2 is 1.83 bits per heavy atom. The van der Waals surface area contributed by atoms with Gasteiger partial charge in [-0.2, -0.15) is 11.8 Å². The van der Waals surface area contributed by atoms with Gasteiger partial charge in [-0.25, -0.2) is 4.79 Å². The molecule has 2 atom stereocenters. The molecule has 0 aromatic heterocycles. The third-order valence-corrected chi connectivity index (χ3v) is 7.28. The SMILES string of the molecule is CCSCCOC(=O)C1=C(C)NC2=C(C(=O)C[C@@H](c3ccccc3)C2)[C@H]1c1ccc([N+](=O)[O-])cc1. The number of rotatable bonds is 8. The number of non-ortho nitro benzene ring substituents is 1. The first-order valence-electron chi connectivity index (χ1n) is 11.7. The number of ketones is 1. The number of thioether (sulfide) groups is 1. The Morgan fingerprint density at radius 3 is 2.49 bits per heavy atom. The molecule has 0 fully saturated rings. The predicted octanol–water partition coefficient (Wildman–Crippen LogP) is 5.25. The number of nitrogens with zero attached hydrogens (tertiary/aromatic N) is 1. The minimum atomic E-state index is -0.636. The topological polar surface area (TPSA) is 98.5 Å². The summed E-state index contributed by atoms with van der Waals surface area (Å²) in [5.74, 6) is 0.521. The number of Topliss-reactive ketones (excluding diaryl/α,β-unsaturated/α-hetero) is 1. The highest BCUT2D eigenvalue weighted by molar-refractivity contribution is 7.99. The van der Waals surface area contributed by atoms with E-state index in [1.165, 1.54) is 12.1 Å². The molecule has 4 rings (SSSR count). The van der Waals surface area contributed by atoms with Gasteiger partial charge in [0.2, 0.25) is 0 Å². The van der Waals surface area contributed by atoms with Crippen molar-refractivity contribution in [1.82, 2.24) is 5.32 Å². The summed E-state index contributed by atoms with van der Waals surface area (Å²) in [4.78, 5) is 37.5. The number of dihydropyridines is 1. The maximum Gasteiger partial charge on any atom is 0.336 e. The van der Waals surface area contributed by atoms with Crippen LogP contribution in [0.2, 0.25) is 0 Å². The van der Waals surface area contributed by atoms with E-state index < -0.39 is 16.8 Å². The van der Waals surface area contributed by atoms with E-state index in [0.717, 1.165) is 17.0 Å². The third-order valence-electron chi connectivity index (χ3n) is 6.42. The Morgan fingerprint density at radius 1 is 1.11 bits per heavy atom. The molecule has 0 bridgehead atoms. The number of allylic oxidation sites excluding steroid dienone is 3. The largest absolute Gasteiger partial charge is 0.461 e.